The van der Waals surface area contributed by atoms with E-state index in [4.69, 9.17) is 0 Å². The van der Waals surface area contributed by atoms with Crippen LogP contribution in [0.2, 0.25) is 4.44 Å². The summed E-state index contributed by atoms with van der Waals surface area (Å²) < 4.78 is 4.72. The van der Waals surface area contributed by atoms with Crippen LogP contribution in [0.25, 0.3) is 0 Å². The fourth-order valence-corrected chi connectivity index (χ4v) is 3.28. The predicted octanol–water partition coefficient (Wildman–Crippen LogP) is 3.78. The van der Waals surface area contributed by atoms with E-state index in [1.54, 1.807) is 0 Å². The third-order valence-corrected chi connectivity index (χ3v) is 5.29. The van der Waals surface area contributed by atoms with Gasteiger partial charge < -0.3 is 0 Å². The molecule has 0 aliphatic heterocycles. The van der Waals surface area contributed by atoms with Crippen LogP contribution in [-0.2, 0) is 0 Å². The molecule has 0 aromatic heterocycles. The fourth-order valence-electron chi connectivity index (χ4n) is 1.15. The quantitative estimate of drug-likeness (QED) is 0.608. The van der Waals surface area contributed by atoms with Gasteiger partial charge in [-0.3, -0.25) is 0 Å². The molecule has 0 saturated carbocycles. The molecular formula is C10H18Br3NSn. The third kappa shape index (κ3) is 9.15. The summed E-state index contributed by atoms with van der Waals surface area (Å²) in [4.78, 5) is 0. The Hall–Kier alpha value is 1.42. The van der Waals surface area contributed by atoms with Gasteiger partial charge >= 0.3 is 85.2 Å². The molecule has 0 spiro atoms. The number of hydrogen-bond acceptors (Lipinski definition) is 1. The first-order chi connectivity index (χ1) is 5.84. The summed E-state index contributed by atoms with van der Waals surface area (Å²) in [5.41, 5.74) is 1.48. The Morgan fingerprint density at radius 3 is 2.13 bits per heavy atom. The van der Waals surface area contributed by atoms with Gasteiger partial charge in [-0.2, -0.15) is 0 Å². The van der Waals surface area contributed by atoms with E-state index < -0.39 is 0 Å². The van der Waals surface area contributed by atoms with Crippen molar-refractivity contribution in [1.82, 2.24) is 3.54 Å². The summed E-state index contributed by atoms with van der Waals surface area (Å²) >= 11 is -0.269. The second-order valence-electron chi connectivity index (χ2n) is 2.94. The molecule has 1 atom stereocenters. The van der Waals surface area contributed by atoms with Crippen LogP contribution in [-0.4, -0.2) is 28.5 Å². The van der Waals surface area contributed by atoms with E-state index in [1.807, 2.05) is 0 Å². The fraction of sp³-hybridized carbons (Fsp3) is 0.400. The Bertz CT molecular complexity index is 221. The molecule has 0 bridgehead atoms. The van der Waals surface area contributed by atoms with Gasteiger partial charge in [0.15, 0.2) is 0 Å². The molecule has 1 nitrogen and oxygen atoms in total. The van der Waals surface area contributed by atoms with Crippen LogP contribution in [0.15, 0.2) is 30.3 Å². The molecule has 1 N–H and O–H groups in total. The van der Waals surface area contributed by atoms with E-state index in [0.717, 1.165) is 5.92 Å². The summed E-state index contributed by atoms with van der Waals surface area (Å²) in [5.74, 6) is 0.741. The van der Waals surface area contributed by atoms with Crippen molar-refractivity contribution in [2.24, 2.45) is 0 Å². The van der Waals surface area contributed by atoms with Crippen LogP contribution >= 0.6 is 50.9 Å². The van der Waals surface area contributed by atoms with Crippen LogP contribution in [0, 0.1) is 0 Å². The minimum atomic E-state index is -0.269. The van der Waals surface area contributed by atoms with Crippen molar-refractivity contribution in [1.29, 1.82) is 0 Å². The van der Waals surface area contributed by atoms with Gasteiger partial charge in [0.2, 0.25) is 0 Å². The molecule has 0 saturated heterocycles. The first kappa shape index (κ1) is 21.7. The first-order valence-corrected chi connectivity index (χ1v) is 7.73. The normalized spacial score (nSPS) is 10.3. The first-order valence-electron chi connectivity index (χ1n) is 4.29. The van der Waals surface area contributed by atoms with Crippen molar-refractivity contribution in [3.8, 4) is 0 Å². The SMILES string of the molecule is Br.Br.Br.C[NH][Sn][CH2]C(C)c1ccccc1. The predicted molar refractivity (Wildman–Crippen MR) is 85.4 cm³/mol. The zero-order chi connectivity index (χ0) is 8.81. The molecule has 1 aromatic carbocycles. The van der Waals surface area contributed by atoms with Crippen molar-refractivity contribution >= 4 is 72.4 Å². The molecule has 0 amide bonds. The molecular weight excluding hydrogens is 493 g/mol. The average Bonchev–Trinajstić information content (AvgIpc) is 2.15. The minimum absolute atomic E-state index is 0. The molecule has 5 heteroatoms. The molecule has 1 unspecified atom stereocenters. The van der Waals surface area contributed by atoms with Crippen LogP contribution in [0.1, 0.15) is 18.4 Å². The zero-order valence-corrected chi connectivity index (χ0v) is 16.9. The van der Waals surface area contributed by atoms with E-state index in [1.165, 1.54) is 10.0 Å². The van der Waals surface area contributed by atoms with E-state index in [0.29, 0.717) is 0 Å². The summed E-state index contributed by atoms with van der Waals surface area (Å²) in [7, 11) is 2.07. The molecule has 15 heavy (non-hydrogen) atoms. The summed E-state index contributed by atoms with van der Waals surface area (Å²) in [6, 6.07) is 10.8. The van der Waals surface area contributed by atoms with Gasteiger partial charge in [0, 0.05) is 0 Å². The number of benzene rings is 1. The van der Waals surface area contributed by atoms with Crippen LogP contribution < -0.4 is 3.54 Å². The summed E-state index contributed by atoms with van der Waals surface area (Å²) in [6.45, 7) is 2.31. The number of hydrogen-bond donors (Lipinski definition) is 1. The van der Waals surface area contributed by atoms with Crippen molar-refractivity contribution in [2.45, 2.75) is 17.3 Å². The average molecular weight is 511 g/mol. The van der Waals surface area contributed by atoms with Crippen LogP contribution in [0.3, 0.4) is 0 Å². The van der Waals surface area contributed by atoms with Gasteiger partial charge in [0.25, 0.3) is 0 Å². The molecule has 88 valence electrons. The molecule has 0 aliphatic carbocycles. The van der Waals surface area contributed by atoms with Crippen LogP contribution in [0.5, 0.6) is 0 Å². The summed E-state index contributed by atoms with van der Waals surface area (Å²) in [6.07, 6.45) is 0. The van der Waals surface area contributed by atoms with E-state index in [9.17, 15) is 0 Å². The number of rotatable bonds is 4. The third-order valence-electron chi connectivity index (χ3n) is 1.95. The van der Waals surface area contributed by atoms with Gasteiger partial charge in [-0.25, -0.2) is 0 Å². The molecule has 1 aromatic rings. The topological polar surface area (TPSA) is 12.0 Å². The Kier molecular flexibility index (Phi) is 19.5. The van der Waals surface area contributed by atoms with Gasteiger partial charge in [-0.05, 0) is 0 Å². The maximum absolute atomic E-state index is 3.34. The molecule has 2 radical (unpaired) electrons. The number of nitrogens with one attached hydrogen (secondary N) is 1. The second-order valence-corrected chi connectivity index (χ2v) is 6.54. The Morgan fingerprint density at radius 2 is 1.67 bits per heavy atom. The van der Waals surface area contributed by atoms with Crippen molar-refractivity contribution < 1.29 is 0 Å². The Morgan fingerprint density at radius 1 is 1.13 bits per heavy atom. The van der Waals surface area contributed by atoms with E-state index >= 15 is 0 Å². The van der Waals surface area contributed by atoms with Gasteiger partial charge in [0.05, 0.1) is 0 Å². The molecule has 0 heterocycles. The number of halogens is 3. The second kappa shape index (κ2) is 13.5. The Balaban J connectivity index is -0.000000480. The van der Waals surface area contributed by atoms with Crippen molar-refractivity contribution in [3.05, 3.63) is 35.9 Å². The van der Waals surface area contributed by atoms with Crippen LogP contribution in [0.4, 0.5) is 0 Å². The van der Waals surface area contributed by atoms with Crippen molar-refractivity contribution in [3.63, 3.8) is 0 Å². The monoisotopic (exact) mass is 509 g/mol. The Labute approximate surface area is 135 Å². The summed E-state index contributed by atoms with van der Waals surface area (Å²) in [5, 5.41) is 0. The van der Waals surface area contributed by atoms with E-state index in [-0.39, 0.29) is 72.4 Å². The molecule has 0 fully saturated rings. The molecule has 1 rings (SSSR count). The standard InChI is InChI=1S/C9H11.CH4N.3BrH.Sn/c1-8(2)9-6-4-3-5-7-9;1-2;;;;/h3-8H,1H2,2H3;2H,1H3;3*1H;/q;-1;;;;+1. The maximum atomic E-state index is 3.34. The van der Waals surface area contributed by atoms with Gasteiger partial charge in [0.1, 0.15) is 0 Å². The van der Waals surface area contributed by atoms with Gasteiger partial charge in [-0.1, -0.05) is 0 Å². The van der Waals surface area contributed by atoms with Crippen molar-refractivity contribution in [2.75, 3.05) is 7.05 Å². The zero-order valence-electron chi connectivity index (χ0n) is 8.90. The van der Waals surface area contributed by atoms with E-state index in [2.05, 4.69) is 47.8 Å². The van der Waals surface area contributed by atoms with Gasteiger partial charge in [-0.15, -0.1) is 50.9 Å². The molecule has 0 aliphatic rings.